The quantitative estimate of drug-likeness (QED) is 0.545. The van der Waals surface area contributed by atoms with Gasteiger partial charge in [-0.05, 0) is 31.2 Å². The molecule has 0 bridgehead atoms. The van der Waals surface area contributed by atoms with Crippen LogP contribution >= 0.6 is 0 Å². The monoisotopic (exact) mass is 351 g/mol. The SMILES string of the molecule is COc1cc(CCNC(=O)C[C@@H]2CCC[C@H]2N)c([N+](=O)[O-])cc1OC. The Morgan fingerprint density at radius 2 is 2.00 bits per heavy atom. The Bertz CT molecular complexity index is 635. The van der Waals surface area contributed by atoms with E-state index in [1.54, 1.807) is 6.07 Å². The molecule has 3 N–H and O–H groups in total. The molecule has 1 aliphatic rings. The minimum atomic E-state index is -0.462. The fraction of sp³-hybridized carbons (Fsp3) is 0.588. The molecule has 1 aromatic rings. The molecule has 8 heteroatoms. The van der Waals surface area contributed by atoms with Crippen molar-refractivity contribution in [3.63, 3.8) is 0 Å². The van der Waals surface area contributed by atoms with Gasteiger partial charge in [0.25, 0.3) is 5.69 Å². The first kappa shape index (κ1) is 19.0. The summed E-state index contributed by atoms with van der Waals surface area (Å²) in [5.74, 6) is 0.893. The topological polar surface area (TPSA) is 117 Å². The standard InChI is InChI=1S/C17H25N3O5/c1-24-15-8-12(14(20(22)23)10-16(15)25-2)6-7-19-17(21)9-11-4-3-5-13(11)18/h8,10-11,13H,3-7,9,18H2,1-2H3,(H,19,21)/t11-,13+/m0/s1. The number of nitrogens with two attached hydrogens (primary N) is 1. The maximum atomic E-state index is 12.0. The Morgan fingerprint density at radius 1 is 1.32 bits per heavy atom. The molecule has 8 nitrogen and oxygen atoms in total. The fourth-order valence-corrected chi connectivity index (χ4v) is 3.25. The molecule has 0 aromatic heterocycles. The third-order valence-electron chi connectivity index (χ3n) is 4.66. The number of hydrogen-bond acceptors (Lipinski definition) is 6. The van der Waals surface area contributed by atoms with E-state index in [2.05, 4.69) is 5.32 Å². The van der Waals surface area contributed by atoms with Crippen molar-refractivity contribution in [1.82, 2.24) is 5.32 Å². The van der Waals surface area contributed by atoms with Gasteiger partial charge in [-0.3, -0.25) is 14.9 Å². The van der Waals surface area contributed by atoms with E-state index >= 15 is 0 Å². The van der Waals surface area contributed by atoms with Crippen LogP contribution in [-0.4, -0.2) is 37.6 Å². The third-order valence-corrected chi connectivity index (χ3v) is 4.66. The van der Waals surface area contributed by atoms with E-state index in [0.717, 1.165) is 19.3 Å². The Balaban J connectivity index is 1.97. The van der Waals surface area contributed by atoms with Crippen LogP contribution in [0.1, 0.15) is 31.2 Å². The highest BCUT2D eigenvalue weighted by atomic mass is 16.6. The molecule has 1 amide bonds. The second-order valence-electron chi connectivity index (χ2n) is 6.25. The van der Waals surface area contributed by atoms with Crippen molar-refractivity contribution >= 4 is 11.6 Å². The number of amides is 1. The second kappa shape index (κ2) is 8.66. The number of carbonyl (C=O) groups is 1. The van der Waals surface area contributed by atoms with Gasteiger partial charge in [-0.2, -0.15) is 0 Å². The summed E-state index contributed by atoms with van der Waals surface area (Å²) < 4.78 is 10.3. The molecule has 0 spiro atoms. The van der Waals surface area contributed by atoms with Gasteiger partial charge in [-0.1, -0.05) is 6.42 Å². The summed E-state index contributed by atoms with van der Waals surface area (Å²) in [5, 5.41) is 14.1. The lowest BCUT2D eigenvalue weighted by Crippen LogP contribution is -2.32. The predicted molar refractivity (Wildman–Crippen MR) is 92.8 cm³/mol. The highest BCUT2D eigenvalue weighted by Gasteiger charge is 2.26. The largest absolute Gasteiger partial charge is 0.493 e. The number of nitrogens with zero attached hydrogens (tertiary/aromatic N) is 1. The molecule has 1 fully saturated rings. The van der Waals surface area contributed by atoms with Gasteiger partial charge in [0.15, 0.2) is 11.5 Å². The molecule has 0 unspecified atom stereocenters. The van der Waals surface area contributed by atoms with E-state index in [-0.39, 0.29) is 23.6 Å². The normalized spacial score (nSPS) is 19.5. The van der Waals surface area contributed by atoms with E-state index in [1.165, 1.54) is 20.3 Å². The number of carbonyl (C=O) groups excluding carboxylic acids is 1. The van der Waals surface area contributed by atoms with Gasteiger partial charge >= 0.3 is 0 Å². The summed E-state index contributed by atoms with van der Waals surface area (Å²) in [7, 11) is 2.90. The summed E-state index contributed by atoms with van der Waals surface area (Å²) in [6, 6.07) is 3.02. The molecule has 25 heavy (non-hydrogen) atoms. The van der Waals surface area contributed by atoms with Gasteiger partial charge in [0.2, 0.25) is 5.91 Å². The molecular formula is C17H25N3O5. The predicted octanol–water partition coefficient (Wildman–Crippen LogP) is 1.79. The van der Waals surface area contributed by atoms with Gasteiger partial charge in [0, 0.05) is 24.6 Å². The minimum absolute atomic E-state index is 0.0512. The molecule has 2 atom stereocenters. The number of rotatable bonds is 8. The molecule has 138 valence electrons. The fourth-order valence-electron chi connectivity index (χ4n) is 3.25. The first-order chi connectivity index (χ1) is 12.0. The number of methoxy groups -OCH3 is 2. The summed E-state index contributed by atoms with van der Waals surface area (Å²) in [4.78, 5) is 22.8. The molecule has 0 aliphatic heterocycles. The van der Waals surface area contributed by atoms with Crippen LogP contribution in [0.2, 0.25) is 0 Å². The van der Waals surface area contributed by atoms with Crippen molar-refractivity contribution in [1.29, 1.82) is 0 Å². The Hall–Kier alpha value is -2.35. The lowest BCUT2D eigenvalue weighted by atomic mass is 10.00. The van der Waals surface area contributed by atoms with Crippen molar-refractivity contribution in [3.05, 3.63) is 27.8 Å². The van der Waals surface area contributed by atoms with Crippen molar-refractivity contribution in [2.45, 2.75) is 38.1 Å². The molecule has 2 rings (SSSR count). The van der Waals surface area contributed by atoms with Crippen LogP contribution in [0.3, 0.4) is 0 Å². The molecule has 0 saturated heterocycles. The van der Waals surface area contributed by atoms with Gasteiger partial charge < -0.3 is 20.5 Å². The first-order valence-corrected chi connectivity index (χ1v) is 8.37. The minimum Gasteiger partial charge on any atom is -0.493 e. The van der Waals surface area contributed by atoms with Crippen LogP contribution < -0.4 is 20.5 Å². The summed E-state index contributed by atoms with van der Waals surface area (Å²) in [6.45, 7) is 0.317. The van der Waals surface area contributed by atoms with Crippen LogP contribution in [0.25, 0.3) is 0 Å². The highest BCUT2D eigenvalue weighted by Crippen LogP contribution is 2.34. The number of nitro benzene ring substituents is 1. The lowest BCUT2D eigenvalue weighted by Gasteiger charge is -2.15. The average molecular weight is 351 g/mol. The highest BCUT2D eigenvalue weighted by molar-refractivity contribution is 5.76. The van der Waals surface area contributed by atoms with E-state index in [1.807, 2.05) is 0 Å². The molecule has 1 saturated carbocycles. The molecule has 1 aliphatic carbocycles. The zero-order valence-electron chi connectivity index (χ0n) is 14.6. The third kappa shape index (κ3) is 4.82. The Kier molecular flexibility index (Phi) is 6.58. The van der Waals surface area contributed by atoms with E-state index in [4.69, 9.17) is 15.2 Å². The second-order valence-corrected chi connectivity index (χ2v) is 6.25. The molecule has 0 radical (unpaired) electrons. The molecular weight excluding hydrogens is 326 g/mol. The number of nitrogens with one attached hydrogen (secondary N) is 1. The smallest absolute Gasteiger partial charge is 0.276 e. The van der Waals surface area contributed by atoms with Gasteiger partial charge in [-0.25, -0.2) is 0 Å². The van der Waals surface area contributed by atoms with E-state index < -0.39 is 4.92 Å². The number of ether oxygens (including phenoxy) is 2. The lowest BCUT2D eigenvalue weighted by molar-refractivity contribution is -0.385. The van der Waals surface area contributed by atoms with E-state index in [0.29, 0.717) is 36.4 Å². The number of benzene rings is 1. The van der Waals surface area contributed by atoms with Gasteiger partial charge in [0.1, 0.15) is 0 Å². The maximum absolute atomic E-state index is 12.0. The average Bonchev–Trinajstić information content (AvgIpc) is 2.98. The van der Waals surface area contributed by atoms with Crippen LogP contribution in [0.5, 0.6) is 11.5 Å². The number of nitro groups is 1. The van der Waals surface area contributed by atoms with Crippen LogP contribution in [0.4, 0.5) is 5.69 Å². The molecule has 1 aromatic carbocycles. The Labute approximate surface area is 146 Å². The van der Waals surface area contributed by atoms with Crippen molar-refractivity contribution in [2.24, 2.45) is 11.7 Å². The first-order valence-electron chi connectivity index (χ1n) is 8.37. The maximum Gasteiger partial charge on any atom is 0.276 e. The van der Waals surface area contributed by atoms with Crippen molar-refractivity contribution in [2.75, 3.05) is 20.8 Å². The van der Waals surface area contributed by atoms with Crippen molar-refractivity contribution in [3.8, 4) is 11.5 Å². The Morgan fingerprint density at radius 3 is 2.56 bits per heavy atom. The zero-order valence-corrected chi connectivity index (χ0v) is 14.6. The van der Waals surface area contributed by atoms with Crippen LogP contribution in [-0.2, 0) is 11.2 Å². The van der Waals surface area contributed by atoms with Crippen LogP contribution in [0.15, 0.2) is 12.1 Å². The van der Waals surface area contributed by atoms with Crippen LogP contribution in [0, 0.1) is 16.0 Å². The van der Waals surface area contributed by atoms with Gasteiger partial charge in [-0.15, -0.1) is 0 Å². The zero-order chi connectivity index (χ0) is 18.4. The van der Waals surface area contributed by atoms with Crippen molar-refractivity contribution < 1.29 is 19.2 Å². The summed E-state index contributed by atoms with van der Waals surface area (Å²) in [5.41, 5.74) is 6.41. The summed E-state index contributed by atoms with van der Waals surface area (Å²) >= 11 is 0. The number of hydrogen-bond donors (Lipinski definition) is 2. The summed E-state index contributed by atoms with van der Waals surface area (Å²) in [6.07, 6.45) is 3.76. The molecule has 0 heterocycles. The van der Waals surface area contributed by atoms with Gasteiger partial charge in [0.05, 0.1) is 25.2 Å². The van der Waals surface area contributed by atoms with E-state index in [9.17, 15) is 14.9 Å².